The van der Waals surface area contributed by atoms with Crippen LogP contribution in [0.2, 0.25) is 0 Å². The summed E-state index contributed by atoms with van der Waals surface area (Å²) in [6, 6.07) is 2.91. The van der Waals surface area contributed by atoms with Gasteiger partial charge in [0, 0.05) is 10.9 Å². The highest BCUT2D eigenvalue weighted by Crippen LogP contribution is 2.42. The zero-order valence-electron chi connectivity index (χ0n) is 12.5. The molecule has 1 aliphatic carbocycles. The summed E-state index contributed by atoms with van der Waals surface area (Å²) in [5, 5.41) is 3.74. The summed E-state index contributed by atoms with van der Waals surface area (Å²) in [6.07, 6.45) is 4.15. The Labute approximate surface area is 130 Å². The number of aryl methyl sites for hydroxylation is 1. The molecular formula is C16H26BrNS. The standard InChI is InChI=1S/C16H26BrNS/c1-5-18-15(14-9-12(4)16(17)19-14)13-7-10(2)6-11(3)8-13/h9-11,13,15,18H,5-8H2,1-4H3. The summed E-state index contributed by atoms with van der Waals surface area (Å²) in [5.74, 6) is 2.54. The minimum Gasteiger partial charge on any atom is -0.309 e. The molecule has 0 bridgehead atoms. The number of hydrogen-bond donors (Lipinski definition) is 1. The van der Waals surface area contributed by atoms with E-state index >= 15 is 0 Å². The zero-order valence-corrected chi connectivity index (χ0v) is 14.9. The maximum Gasteiger partial charge on any atom is 0.0731 e. The lowest BCUT2D eigenvalue weighted by Crippen LogP contribution is -2.32. The van der Waals surface area contributed by atoms with E-state index in [1.807, 2.05) is 11.3 Å². The first-order valence-corrected chi connectivity index (χ1v) is 9.11. The van der Waals surface area contributed by atoms with Crippen molar-refractivity contribution < 1.29 is 0 Å². The highest BCUT2D eigenvalue weighted by molar-refractivity contribution is 9.11. The summed E-state index contributed by atoms with van der Waals surface area (Å²) in [5.41, 5.74) is 1.37. The maximum atomic E-state index is 3.74. The average molecular weight is 344 g/mol. The molecule has 0 spiro atoms. The smallest absolute Gasteiger partial charge is 0.0731 e. The third kappa shape index (κ3) is 3.83. The average Bonchev–Trinajstić information content (AvgIpc) is 2.65. The van der Waals surface area contributed by atoms with Gasteiger partial charge in [-0.2, -0.15) is 0 Å². The highest BCUT2D eigenvalue weighted by atomic mass is 79.9. The summed E-state index contributed by atoms with van der Waals surface area (Å²) >= 11 is 5.59. The Kier molecular flexibility index (Phi) is 5.50. The second-order valence-electron chi connectivity index (χ2n) is 6.32. The van der Waals surface area contributed by atoms with Gasteiger partial charge in [-0.3, -0.25) is 0 Å². The van der Waals surface area contributed by atoms with Crippen LogP contribution in [0, 0.1) is 24.7 Å². The van der Waals surface area contributed by atoms with Gasteiger partial charge in [0.25, 0.3) is 0 Å². The van der Waals surface area contributed by atoms with Crippen LogP contribution in [0.4, 0.5) is 0 Å². The van der Waals surface area contributed by atoms with Gasteiger partial charge >= 0.3 is 0 Å². The Bertz CT molecular complexity index is 385. The molecule has 3 atom stereocenters. The molecule has 3 heteroatoms. The molecule has 3 unspecified atom stereocenters. The van der Waals surface area contributed by atoms with E-state index in [1.165, 1.54) is 33.5 Å². The molecule has 1 nitrogen and oxygen atoms in total. The number of rotatable bonds is 4. The van der Waals surface area contributed by atoms with Gasteiger partial charge in [0.2, 0.25) is 0 Å². The third-order valence-electron chi connectivity index (χ3n) is 4.29. The van der Waals surface area contributed by atoms with Gasteiger partial charge in [-0.05, 0) is 78.0 Å². The van der Waals surface area contributed by atoms with Crippen molar-refractivity contribution in [2.75, 3.05) is 6.54 Å². The van der Waals surface area contributed by atoms with E-state index < -0.39 is 0 Å². The Morgan fingerprint density at radius 1 is 1.32 bits per heavy atom. The molecule has 19 heavy (non-hydrogen) atoms. The molecule has 108 valence electrons. The van der Waals surface area contributed by atoms with Crippen LogP contribution in [0.5, 0.6) is 0 Å². The molecule has 1 saturated carbocycles. The SMILES string of the molecule is CCNC(c1cc(C)c(Br)s1)C1CC(C)CC(C)C1. The minimum atomic E-state index is 0.546. The molecule has 1 aromatic rings. The largest absolute Gasteiger partial charge is 0.309 e. The Morgan fingerprint density at radius 2 is 1.95 bits per heavy atom. The highest BCUT2D eigenvalue weighted by Gasteiger charge is 2.31. The van der Waals surface area contributed by atoms with Gasteiger partial charge in [0.05, 0.1) is 3.79 Å². The molecule has 1 fully saturated rings. The fourth-order valence-corrected chi connectivity index (χ4v) is 5.38. The lowest BCUT2D eigenvalue weighted by atomic mass is 9.73. The van der Waals surface area contributed by atoms with Crippen molar-refractivity contribution in [2.24, 2.45) is 17.8 Å². The van der Waals surface area contributed by atoms with Gasteiger partial charge in [0.15, 0.2) is 0 Å². The van der Waals surface area contributed by atoms with E-state index in [2.05, 4.69) is 55.0 Å². The van der Waals surface area contributed by atoms with E-state index in [0.717, 1.165) is 24.3 Å². The summed E-state index contributed by atoms with van der Waals surface area (Å²) < 4.78 is 1.29. The Balaban J connectivity index is 2.19. The lowest BCUT2D eigenvalue weighted by Gasteiger charge is -2.36. The molecule has 1 N–H and O–H groups in total. The van der Waals surface area contributed by atoms with Crippen molar-refractivity contribution in [1.29, 1.82) is 0 Å². The van der Waals surface area contributed by atoms with Crippen LogP contribution < -0.4 is 5.32 Å². The van der Waals surface area contributed by atoms with E-state index in [1.54, 1.807) is 0 Å². The van der Waals surface area contributed by atoms with Crippen molar-refractivity contribution >= 4 is 27.3 Å². The predicted octanol–water partition coefficient (Wildman–Crippen LogP) is 5.54. The number of thiophene rings is 1. The summed E-state index contributed by atoms with van der Waals surface area (Å²) in [7, 11) is 0. The minimum absolute atomic E-state index is 0.546. The molecule has 0 aliphatic heterocycles. The maximum absolute atomic E-state index is 3.74. The van der Waals surface area contributed by atoms with Crippen LogP contribution >= 0.6 is 27.3 Å². The fourth-order valence-electron chi connectivity index (χ4n) is 3.64. The summed E-state index contributed by atoms with van der Waals surface area (Å²) in [4.78, 5) is 1.51. The van der Waals surface area contributed by atoms with Crippen LogP contribution in [-0.4, -0.2) is 6.54 Å². The van der Waals surface area contributed by atoms with Crippen molar-refractivity contribution in [3.05, 3.63) is 20.3 Å². The van der Waals surface area contributed by atoms with Crippen LogP contribution in [0.25, 0.3) is 0 Å². The van der Waals surface area contributed by atoms with Gasteiger partial charge in [-0.15, -0.1) is 11.3 Å². The van der Waals surface area contributed by atoms with E-state index in [9.17, 15) is 0 Å². The van der Waals surface area contributed by atoms with Crippen LogP contribution in [0.3, 0.4) is 0 Å². The number of nitrogens with one attached hydrogen (secondary N) is 1. The molecule has 1 aliphatic rings. The van der Waals surface area contributed by atoms with Gasteiger partial charge in [-0.1, -0.05) is 20.8 Å². The number of halogens is 1. The molecule has 0 radical (unpaired) electrons. The molecule has 1 aromatic heterocycles. The fraction of sp³-hybridized carbons (Fsp3) is 0.750. The van der Waals surface area contributed by atoms with Crippen molar-refractivity contribution in [3.8, 4) is 0 Å². The van der Waals surface area contributed by atoms with Crippen molar-refractivity contribution in [2.45, 2.75) is 53.0 Å². The molecule has 2 rings (SSSR count). The van der Waals surface area contributed by atoms with E-state index in [4.69, 9.17) is 0 Å². The van der Waals surface area contributed by atoms with E-state index in [-0.39, 0.29) is 0 Å². The van der Waals surface area contributed by atoms with Gasteiger partial charge < -0.3 is 5.32 Å². The summed E-state index contributed by atoms with van der Waals surface area (Å²) in [6.45, 7) is 10.3. The monoisotopic (exact) mass is 343 g/mol. The van der Waals surface area contributed by atoms with Crippen molar-refractivity contribution in [1.82, 2.24) is 5.32 Å². The first-order valence-electron chi connectivity index (χ1n) is 7.50. The lowest BCUT2D eigenvalue weighted by molar-refractivity contribution is 0.179. The topological polar surface area (TPSA) is 12.0 Å². The Hall–Kier alpha value is 0.140. The second kappa shape index (κ2) is 6.73. The van der Waals surface area contributed by atoms with Crippen LogP contribution in [0.15, 0.2) is 9.85 Å². The van der Waals surface area contributed by atoms with Crippen LogP contribution in [0.1, 0.15) is 56.5 Å². The van der Waals surface area contributed by atoms with Gasteiger partial charge in [-0.25, -0.2) is 0 Å². The molecule has 1 heterocycles. The second-order valence-corrected chi connectivity index (χ2v) is 8.72. The Morgan fingerprint density at radius 3 is 2.42 bits per heavy atom. The molecule has 0 saturated heterocycles. The number of hydrogen-bond acceptors (Lipinski definition) is 2. The quantitative estimate of drug-likeness (QED) is 0.756. The first-order chi connectivity index (χ1) is 9.01. The zero-order chi connectivity index (χ0) is 14.0. The molecule has 0 aromatic carbocycles. The predicted molar refractivity (Wildman–Crippen MR) is 88.8 cm³/mol. The van der Waals surface area contributed by atoms with Crippen LogP contribution in [-0.2, 0) is 0 Å². The normalized spacial score (nSPS) is 29.4. The molecular weight excluding hydrogens is 318 g/mol. The molecule has 0 amide bonds. The third-order valence-corrected chi connectivity index (χ3v) is 6.51. The van der Waals surface area contributed by atoms with E-state index in [0.29, 0.717) is 6.04 Å². The first kappa shape index (κ1) is 15.5. The van der Waals surface area contributed by atoms with Gasteiger partial charge in [0.1, 0.15) is 0 Å². The van der Waals surface area contributed by atoms with Crippen molar-refractivity contribution in [3.63, 3.8) is 0 Å².